The molecule has 0 aliphatic carbocycles. The van der Waals surface area contributed by atoms with Gasteiger partial charge in [0.05, 0.1) is 0 Å². The van der Waals surface area contributed by atoms with Crippen LogP contribution in [0.3, 0.4) is 0 Å². The van der Waals surface area contributed by atoms with Crippen molar-refractivity contribution in [1.29, 1.82) is 0 Å². The number of benzene rings is 2. The third kappa shape index (κ3) is 2.88. The van der Waals surface area contributed by atoms with Gasteiger partial charge in [-0.1, -0.05) is 23.8 Å². The van der Waals surface area contributed by atoms with Crippen LogP contribution in [0.25, 0.3) is 33.2 Å². The highest BCUT2D eigenvalue weighted by atomic mass is 14.9. The predicted octanol–water partition coefficient (Wildman–Crippen LogP) is 5.32. The zero-order valence-electron chi connectivity index (χ0n) is 15.7. The van der Waals surface area contributed by atoms with Gasteiger partial charge in [-0.25, -0.2) is 4.57 Å². The van der Waals surface area contributed by atoms with Gasteiger partial charge in [0.15, 0.2) is 6.20 Å². The van der Waals surface area contributed by atoms with E-state index < -0.39 is 0 Å². The predicted molar refractivity (Wildman–Crippen MR) is 108 cm³/mol. The highest BCUT2D eigenvalue weighted by Gasteiger charge is 2.16. The molecule has 0 aliphatic heterocycles. The maximum Gasteiger partial charge on any atom is 0.213 e. The number of hydrogen-bond donors (Lipinski definition) is 0. The molecular weight excluding hydrogens is 316 g/mol. The summed E-state index contributed by atoms with van der Waals surface area (Å²) in [5.41, 5.74) is 8.86. The molecule has 2 aromatic heterocycles. The summed E-state index contributed by atoms with van der Waals surface area (Å²) in [6, 6.07) is 17.5. The third-order valence-corrected chi connectivity index (χ3v) is 5.17. The number of fused-ring (bicyclic) bond motifs is 1. The Labute approximate surface area is 154 Å². The van der Waals surface area contributed by atoms with E-state index in [2.05, 4.69) is 86.0 Å². The van der Waals surface area contributed by atoms with Crippen LogP contribution < -0.4 is 4.57 Å². The molecule has 0 aliphatic rings. The van der Waals surface area contributed by atoms with Crippen molar-refractivity contribution >= 4 is 10.8 Å². The van der Waals surface area contributed by atoms with Gasteiger partial charge in [-0.05, 0) is 67.1 Å². The van der Waals surface area contributed by atoms with Gasteiger partial charge >= 0.3 is 0 Å². The molecule has 0 N–H and O–H groups in total. The van der Waals surface area contributed by atoms with Crippen molar-refractivity contribution < 1.29 is 4.57 Å². The maximum absolute atomic E-state index is 4.25. The SMILES string of the molecule is Cc1cc(C)c(C)c(-c2cc3cc(-c4cccnc4)ccc3c[n+]2C)c1. The zero-order chi connectivity index (χ0) is 18.3. The quantitative estimate of drug-likeness (QED) is 0.452. The summed E-state index contributed by atoms with van der Waals surface area (Å²) in [5.74, 6) is 0. The Bertz CT molecular complexity index is 1110. The highest BCUT2D eigenvalue weighted by Crippen LogP contribution is 2.29. The van der Waals surface area contributed by atoms with Crippen LogP contribution >= 0.6 is 0 Å². The average molecular weight is 339 g/mol. The Morgan fingerprint density at radius 1 is 0.846 bits per heavy atom. The fraction of sp³-hybridized carbons (Fsp3) is 0.167. The number of pyridine rings is 2. The molecule has 0 saturated heterocycles. The van der Waals surface area contributed by atoms with Crippen molar-refractivity contribution in [2.24, 2.45) is 7.05 Å². The maximum atomic E-state index is 4.25. The molecule has 26 heavy (non-hydrogen) atoms. The third-order valence-electron chi connectivity index (χ3n) is 5.17. The van der Waals surface area contributed by atoms with E-state index in [1.165, 1.54) is 44.3 Å². The van der Waals surface area contributed by atoms with Crippen molar-refractivity contribution in [3.63, 3.8) is 0 Å². The molecule has 0 spiro atoms. The summed E-state index contributed by atoms with van der Waals surface area (Å²) >= 11 is 0. The Hall–Kier alpha value is -3.00. The van der Waals surface area contributed by atoms with Gasteiger partial charge in [-0.15, -0.1) is 0 Å². The molecular formula is C24H23N2+. The van der Waals surface area contributed by atoms with Crippen molar-refractivity contribution in [2.45, 2.75) is 20.8 Å². The number of aryl methyl sites for hydroxylation is 3. The molecule has 0 amide bonds. The molecule has 4 rings (SSSR count). The zero-order valence-corrected chi connectivity index (χ0v) is 15.7. The minimum absolute atomic E-state index is 1.15. The van der Waals surface area contributed by atoms with E-state index in [1.54, 1.807) is 0 Å². The van der Waals surface area contributed by atoms with Gasteiger partial charge in [0, 0.05) is 35.0 Å². The monoisotopic (exact) mass is 339 g/mol. The molecule has 0 fully saturated rings. The second-order valence-electron chi connectivity index (χ2n) is 7.11. The first-order valence-electron chi connectivity index (χ1n) is 8.95. The fourth-order valence-electron chi connectivity index (χ4n) is 3.63. The second-order valence-corrected chi connectivity index (χ2v) is 7.11. The largest absolute Gasteiger partial charge is 0.264 e. The molecule has 4 aromatic rings. The first-order chi connectivity index (χ1) is 12.5. The Balaban J connectivity index is 1.93. The molecule has 2 heterocycles. The van der Waals surface area contributed by atoms with Gasteiger partial charge in [0.1, 0.15) is 7.05 Å². The van der Waals surface area contributed by atoms with Crippen molar-refractivity contribution in [2.75, 3.05) is 0 Å². The van der Waals surface area contributed by atoms with Crippen LogP contribution in [0.15, 0.2) is 67.1 Å². The van der Waals surface area contributed by atoms with Crippen molar-refractivity contribution in [3.8, 4) is 22.4 Å². The molecule has 0 bridgehead atoms. The normalized spacial score (nSPS) is 11.1. The summed E-state index contributed by atoms with van der Waals surface area (Å²) in [4.78, 5) is 4.25. The lowest BCUT2D eigenvalue weighted by atomic mass is 9.96. The standard InChI is InChI=1S/C24H23N2/c1-16-10-17(2)18(3)23(11-16)24-13-22-12-19(20-6-5-9-25-14-20)7-8-21(22)15-26(24)4/h5-15H,1-4H3/q+1. The molecule has 2 aromatic carbocycles. The summed E-state index contributed by atoms with van der Waals surface area (Å²) < 4.78 is 2.23. The van der Waals surface area contributed by atoms with Crippen molar-refractivity contribution in [3.05, 3.63) is 83.8 Å². The topological polar surface area (TPSA) is 16.8 Å². The Morgan fingerprint density at radius 3 is 2.46 bits per heavy atom. The fourth-order valence-corrected chi connectivity index (χ4v) is 3.63. The lowest BCUT2D eigenvalue weighted by molar-refractivity contribution is -0.659. The van der Waals surface area contributed by atoms with Gasteiger partial charge in [0.25, 0.3) is 0 Å². The smallest absolute Gasteiger partial charge is 0.213 e. The van der Waals surface area contributed by atoms with Gasteiger partial charge < -0.3 is 0 Å². The number of rotatable bonds is 2. The second kappa shape index (κ2) is 6.38. The molecule has 0 unspecified atom stereocenters. The van der Waals surface area contributed by atoms with Crippen LogP contribution in [-0.2, 0) is 7.05 Å². The summed E-state index contributed by atoms with van der Waals surface area (Å²) in [7, 11) is 2.13. The van der Waals surface area contributed by atoms with Gasteiger partial charge in [-0.2, -0.15) is 0 Å². The van der Waals surface area contributed by atoms with E-state index in [-0.39, 0.29) is 0 Å². The first-order valence-corrected chi connectivity index (χ1v) is 8.95. The van der Waals surface area contributed by atoms with Crippen LogP contribution in [0.1, 0.15) is 16.7 Å². The number of nitrogens with zero attached hydrogens (tertiary/aromatic N) is 2. The van der Waals surface area contributed by atoms with Crippen LogP contribution in [0, 0.1) is 20.8 Å². The molecule has 0 saturated carbocycles. The van der Waals surface area contributed by atoms with Gasteiger partial charge in [-0.3, -0.25) is 4.98 Å². The van der Waals surface area contributed by atoms with Crippen LogP contribution in [-0.4, -0.2) is 4.98 Å². The molecule has 0 atom stereocenters. The molecule has 0 radical (unpaired) electrons. The van der Waals surface area contributed by atoms with E-state index in [9.17, 15) is 0 Å². The van der Waals surface area contributed by atoms with E-state index in [0.717, 1.165) is 5.56 Å². The first kappa shape index (κ1) is 16.5. The minimum atomic E-state index is 1.15. The van der Waals surface area contributed by atoms with Crippen molar-refractivity contribution in [1.82, 2.24) is 4.98 Å². The molecule has 2 heteroatoms. The van der Waals surface area contributed by atoms with E-state index in [1.807, 2.05) is 18.5 Å². The van der Waals surface area contributed by atoms with Crippen LogP contribution in [0.5, 0.6) is 0 Å². The number of aromatic nitrogens is 2. The lowest BCUT2D eigenvalue weighted by Crippen LogP contribution is -2.30. The van der Waals surface area contributed by atoms with Crippen LogP contribution in [0.4, 0.5) is 0 Å². The molecule has 2 nitrogen and oxygen atoms in total. The summed E-state index contributed by atoms with van der Waals surface area (Å²) in [5, 5.41) is 2.49. The lowest BCUT2D eigenvalue weighted by Gasteiger charge is -2.10. The van der Waals surface area contributed by atoms with E-state index in [0.29, 0.717) is 0 Å². The Morgan fingerprint density at radius 2 is 1.69 bits per heavy atom. The Kier molecular flexibility index (Phi) is 4.04. The summed E-state index contributed by atoms with van der Waals surface area (Å²) in [6.07, 6.45) is 5.94. The van der Waals surface area contributed by atoms with Gasteiger partial charge in [0.2, 0.25) is 5.69 Å². The minimum Gasteiger partial charge on any atom is -0.264 e. The average Bonchev–Trinajstić information content (AvgIpc) is 2.64. The van der Waals surface area contributed by atoms with E-state index in [4.69, 9.17) is 0 Å². The highest BCUT2D eigenvalue weighted by molar-refractivity contribution is 5.88. The van der Waals surface area contributed by atoms with E-state index >= 15 is 0 Å². The summed E-state index contributed by atoms with van der Waals surface area (Å²) in [6.45, 7) is 6.56. The van der Waals surface area contributed by atoms with Crippen LogP contribution in [0.2, 0.25) is 0 Å². The molecule has 128 valence electrons. The number of hydrogen-bond acceptors (Lipinski definition) is 1.